The first-order valence-corrected chi connectivity index (χ1v) is 5.61. The predicted octanol–water partition coefficient (Wildman–Crippen LogP) is 1.67. The summed E-state index contributed by atoms with van der Waals surface area (Å²) in [6, 6.07) is 6.12. The lowest BCUT2D eigenvalue weighted by Crippen LogP contribution is -2.42. The van der Waals surface area contributed by atoms with Gasteiger partial charge in [-0.1, -0.05) is 12.1 Å². The normalized spacial score (nSPS) is 20.2. The molecule has 1 aliphatic heterocycles. The Hall–Kier alpha value is -1.62. The Bertz CT molecular complexity index is 394. The van der Waals surface area contributed by atoms with E-state index < -0.39 is 0 Å². The predicted molar refractivity (Wildman–Crippen MR) is 60.9 cm³/mol. The van der Waals surface area contributed by atoms with Crippen molar-refractivity contribution in [1.29, 1.82) is 0 Å². The molecule has 0 radical (unpaired) electrons. The Kier molecular flexibility index (Phi) is 3.58. The fraction of sp³-hybridized carbons (Fsp3) is 0.417. The summed E-state index contributed by atoms with van der Waals surface area (Å²) >= 11 is 0. The van der Waals surface area contributed by atoms with E-state index in [2.05, 4.69) is 0 Å². The van der Waals surface area contributed by atoms with Crippen LogP contribution in [-0.2, 0) is 4.74 Å². The number of nitrogens with zero attached hydrogens (tertiary/aromatic N) is 1. The van der Waals surface area contributed by atoms with Crippen molar-refractivity contribution in [3.8, 4) is 0 Å². The Labute approximate surface area is 99.2 Å². The van der Waals surface area contributed by atoms with Gasteiger partial charge in [-0.25, -0.2) is 9.18 Å². The molecule has 1 fully saturated rings. The molecule has 2 rings (SSSR count). The topological polar surface area (TPSA) is 55.6 Å². The molecule has 0 saturated carbocycles. The summed E-state index contributed by atoms with van der Waals surface area (Å²) in [6.07, 6.45) is 0.355. The molecule has 1 saturated heterocycles. The van der Waals surface area contributed by atoms with Crippen molar-refractivity contribution < 1.29 is 13.9 Å². The van der Waals surface area contributed by atoms with Gasteiger partial charge in [0.05, 0.1) is 12.6 Å². The van der Waals surface area contributed by atoms with Crippen molar-refractivity contribution in [3.05, 3.63) is 35.6 Å². The maximum atomic E-state index is 12.9. The van der Waals surface area contributed by atoms with Gasteiger partial charge < -0.3 is 10.5 Å². The number of rotatable bonds is 3. The molecule has 1 amide bonds. The standard InChI is InChI=1S/C12H15FN2O2/c13-10-3-1-9(2-4-10)11-5-8-17-12(16)15(11)7-6-14/h1-4,11H,5-8,14H2. The van der Waals surface area contributed by atoms with Crippen LogP contribution < -0.4 is 5.73 Å². The largest absolute Gasteiger partial charge is 0.449 e. The number of hydrogen-bond donors (Lipinski definition) is 1. The molecule has 0 bridgehead atoms. The molecule has 0 spiro atoms. The number of amides is 1. The quantitative estimate of drug-likeness (QED) is 0.871. The number of nitrogens with two attached hydrogens (primary N) is 1. The molecule has 1 aromatic carbocycles. The zero-order valence-electron chi connectivity index (χ0n) is 9.43. The lowest BCUT2D eigenvalue weighted by atomic mass is 10.0. The number of halogens is 1. The van der Waals surface area contributed by atoms with E-state index in [0.717, 1.165) is 5.56 Å². The second kappa shape index (κ2) is 5.14. The highest BCUT2D eigenvalue weighted by molar-refractivity contribution is 5.69. The third kappa shape index (κ3) is 2.55. The van der Waals surface area contributed by atoms with Crippen molar-refractivity contribution in [2.45, 2.75) is 12.5 Å². The maximum absolute atomic E-state index is 12.9. The van der Waals surface area contributed by atoms with Crippen LogP contribution in [0.2, 0.25) is 0 Å². The van der Waals surface area contributed by atoms with E-state index in [0.29, 0.717) is 26.1 Å². The summed E-state index contributed by atoms with van der Waals surface area (Å²) in [5, 5.41) is 0. The van der Waals surface area contributed by atoms with Gasteiger partial charge in [0.25, 0.3) is 0 Å². The monoisotopic (exact) mass is 238 g/mol. The number of benzene rings is 1. The summed E-state index contributed by atoms with van der Waals surface area (Å²) in [5.74, 6) is -0.280. The molecule has 4 nitrogen and oxygen atoms in total. The van der Waals surface area contributed by atoms with Gasteiger partial charge in [0.2, 0.25) is 0 Å². The molecule has 0 aliphatic carbocycles. The first-order chi connectivity index (χ1) is 8.22. The molecule has 92 valence electrons. The van der Waals surface area contributed by atoms with E-state index in [4.69, 9.17) is 10.5 Å². The molecule has 1 atom stereocenters. The van der Waals surface area contributed by atoms with Crippen LogP contribution in [0, 0.1) is 5.82 Å². The van der Waals surface area contributed by atoms with E-state index in [-0.39, 0.29) is 18.0 Å². The lowest BCUT2D eigenvalue weighted by Gasteiger charge is -2.35. The van der Waals surface area contributed by atoms with Crippen LogP contribution in [0.3, 0.4) is 0 Å². The smallest absolute Gasteiger partial charge is 0.410 e. The van der Waals surface area contributed by atoms with Crippen molar-refractivity contribution in [3.63, 3.8) is 0 Å². The molecule has 2 N–H and O–H groups in total. The van der Waals surface area contributed by atoms with Crippen LogP contribution in [0.4, 0.5) is 9.18 Å². The minimum atomic E-state index is -0.351. The van der Waals surface area contributed by atoms with Gasteiger partial charge in [-0.3, -0.25) is 4.90 Å². The summed E-state index contributed by atoms with van der Waals surface area (Å²) in [4.78, 5) is 13.2. The van der Waals surface area contributed by atoms with E-state index in [1.165, 1.54) is 12.1 Å². The van der Waals surface area contributed by atoms with E-state index >= 15 is 0 Å². The number of carbonyl (C=O) groups is 1. The van der Waals surface area contributed by atoms with Crippen molar-refractivity contribution in [2.75, 3.05) is 19.7 Å². The van der Waals surface area contributed by atoms with Gasteiger partial charge >= 0.3 is 6.09 Å². The second-order valence-corrected chi connectivity index (χ2v) is 3.95. The van der Waals surface area contributed by atoms with Crippen LogP contribution in [0.1, 0.15) is 18.0 Å². The minimum absolute atomic E-state index is 0.0691. The minimum Gasteiger partial charge on any atom is -0.449 e. The second-order valence-electron chi connectivity index (χ2n) is 3.95. The molecule has 1 aliphatic rings. The van der Waals surface area contributed by atoms with Gasteiger partial charge in [0.15, 0.2) is 0 Å². The third-order valence-corrected chi connectivity index (χ3v) is 2.85. The first-order valence-electron chi connectivity index (χ1n) is 5.61. The van der Waals surface area contributed by atoms with Crippen molar-refractivity contribution in [2.24, 2.45) is 5.73 Å². The Morgan fingerprint density at radius 1 is 1.41 bits per heavy atom. The SMILES string of the molecule is NCCN1C(=O)OCCC1c1ccc(F)cc1. The highest BCUT2D eigenvalue weighted by Crippen LogP contribution is 2.28. The number of carbonyl (C=O) groups excluding carboxylic acids is 1. The third-order valence-electron chi connectivity index (χ3n) is 2.85. The molecule has 1 unspecified atom stereocenters. The molecule has 5 heteroatoms. The van der Waals surface area contributed by atoms with Crippen molar-refractivity contribution >= 4 is 6.09 Å². The summed E-state index contributed by atoms with van der Waals surface area (Å²) < 4.78 is 17.8. The van der Waals surface area contributed by atoms with Crippen LogP contribution in [0.25, 0.3) is 0 Å². The van der Waals surface area contributed by atoms with Crippen LogP contribution in [0.5, 0.6) is 0 Å². The molecular formula is C12H15FN2O2. The molecular weight excluding hydrogens is 223 g/mol. The van der Waals surface area contributed by atoms with Crippen LogP contribution >= 0.6 is 0 Å². The maximum Gasteiger partial charge on any atom is 0.410 e. The summed E-state index contributed by atoms with van der Waals surface area (Å²) in [5.41, 5.74) is 6.39. The zero-order chi connectivity index (χ0) is 12.3. The van der Waals surface area contributed by atoms with E-state index in [9.17, 15) is 9.18 Å². The Morgan fingerprint density at radius 3 is 2.76 bits per heavy atom. The van der Waals surface area contributed by atoms with E-state index in [1.807, 2.05) is 0 Å². The highest BCUT2D eigenvalue weighted by Gasteiger charge is 2.29. The number of cyclic esters (lactones) is 1. The van der Waals surface area contributed by atoms with Gasteiger partial charge in [-0.2, -0.15) is 0 Å². The summed E-state index contributed by atoms with van der Waals surface area (Å²) in [7, 11) is 0. The fourth-order valence-corrected chi connectivity index (χ4v) is 2.04. The Balaban J connectivity index is 2.21. The summed E-state index contributed by atoms with van der Waals surface area (Å²) in [6.45, 7) is 1.22. The molecule has 17 heavy (non-hydrogen) atoms. The van der Waals surface area contributed by atoms with Gasteiger partial charge in [0.1, 0.15) is 5.82 Å². The average molecular weight is 238 g/mol. The first kappa shape index (κ1) is 11.9. The van der Waals surface area contributed by atoms with Gasteiger partial charge in [-0.15, -0.1) is 0 Å². The van der Waals surface area contributed by atoms with Gasteiger partial charge in [-0.05, 0) is 17.7 Å². The zero-order valence-corrected chi connectivity index (χ0v) is 9.43. The lowest BCUT2D eigenvalue weighted by molar-refractivity contribution is 0.0451. The fourth-order valence-electron chi connectivity index (χ4n) is 2.04. The van der Waals surface area contributed by atoms with Gasteiger partial charge in [0, 0.05) is 19.5 Å². The number of ether oxygens (including phenoxy) is 1. The van der Waals surface area contributed by atoms with Crippen LogP contribution in [0.15, 0.2) is 24.3 Å². The van der Waals surface area contributed by atoms with E-state index in [1.54, 1.807) is 17.0 Å². The highest BCUT2D eigenvalue weighted by atomic mass is 19.1. The van der Waals surface area contributed by atoms with Crippen molar-refractivity contribution in [1.82, 2.24) is 4.90 Å². The molecule has 0 aromatic heterocycles. The molecule has 1 heterocycles. The van der Waals surface area contributed by atoms with Crippen LogP contribution in [-0.4, -0.2) is 30.7 Å². The number of hydrogen-bond acceptors (Lipinski definition) is 3. The average Bonchev–Trinajstić information content (AvgIpc) is 2.33. The molecule has 1 aromatic rings. The Morgan fingerprint density at radius 2 is 2.12 bits per heavy atom.